The molecule has 120 valence electrons. The Morgan fingerprint density at radius 3 is 2.43 bits per heavy atom. The minimum atomic E-state index is -0.467. The zero-order valence-corrected chi connectivity index (χ0v) is 14.7. The molecule has 0 aromatic carbocycles. The molecule has 21 heavy (non-hydrogen) atoms. The molecule has 1 fully saturated rings. The van der Waals surface area contributed by atoms with Crippen molar-refractivity contribution in [1.29, 1.82) is 0 Å². The topological polar surface area (TPSA) is 20.2 Å². The lowest BCUT2D eigenvalue weighted by Crippen LogP contribution is -2.43. The molecule has 0 amide bonds. The third kappa shape index (κ3) is 3.44. The number of hydrogen-bond acceptors (Lipinski definition) is 1. The molecule has 0 heterocycles. The van der Waals surface area contributed by atoms with E-state index in [4.69, 9.17) is 0 Å². The summed E-state index contributed by atoms with van der Waals surface area (Å²) in [5, 5.41) is 11.3. The highest BCUT2D eigenvalue weighted by Gasteiger charge is 2.53. The van der Waals surface area contributed by atoms with E-state index in [1.165, 1.54) is 30.4 Å². The zero-order chi connectivity index (χ0) is 15.7. The quantitative estimate of drug-likeness (QED) is 0.619. The summed E-state index contributed by atoms with van der Waals surface area (Å²) >= 11 is 0. The molecule has 0 spiro atoms. The molecule has 0 unspecified atom stereocenters. The average molecular weight is 290 g/mol. The van der Waals surface area contributed by atoms with Gasteiger partial charge in [-0.2, -0.15) is 0 Å². The number of fused-ring (bicyclic) bond motifs is 1. The van der Waals surface area contributed by atoms with Crippen molar-refractivity contribution in [3.05, 3.63) is 23.3 Å². The van der Waals surface area contributed by atoms with Crippen LogP contribution >= 0.6 is 0 Å². The van der Waals surface area contributed by atoms with Crippen molar-refractivity contribution >= 4 is 0 Å². The number of hydrogen-bond donors (Lipinski definition) is 1. The van der Waals surface area contributed by atoms with Crippen LogP contribution in [-0.4, -0.2) is 10.7 Å². The molecule has 3 atom stereocenters. The Morgan fingerprint density at radius 2 is 1.76 bits per heavy atom. The molecule has 0 saturated heterocycles. The Kier molecular flexibility index (Phi) is 5.03. The second kappa shape index (κ2) is 6.28. The van der Waals surface area contributed by atoms with Gasteiger partial charge in [-0.05, 0) is 76.0 Å². The Morgan fingerprint density at radius 1 is 1.10 bits per heavy atom. The highest BCUT2D eigenvalue weighted by Crippen LogP contribution is 2.56. The van der Waals surface area contributed by atoms with Crippen LogP contribution in [-0.2, 0) is 0 Å². The minimum absolute atomic E-state index is 0.269. The van der Waals surface area contributed by atoms with E-state index in [-0.39, 0.29) is 5.41 Å². The van der Waals surface area contributed by atoms with E-state index in [1.807, 2.05) is 0 Å². The van der Waals surface area contributed by atoms with Gasteiger partial charge in [-0.25, -0.2) is 0 Å². The van der Waals surface area contributed by atoms with E-state index >= 15 is 0 Å². The van der Waals surface area contributed by atoms with Crippen LogP contribution in [0.25, 0.3) is 0 Å². The lowest BCUT2D eigenvalue weighted by molar-refractivity contribution is -0.0641. The van der Waals surface area contributed by atoms with Crippen molar-refractivity contribution in [2.24, 2.45) is 17.3 Å². The van der Waals surface area contributed by atoms with Crippen molar-refractivity contribution < 1.29 is 5.11 Å². The normalized spacial score (nSPS) is 41.0. The van der Waals surface area contributed by atoms with Gasteiger partial charge in [-0.3, -0.25) is 0 Å². The molecular weight excluding hydrogens is 256 g/mol. The molecule has 2 aliphatic carbocycles. The first kappa shape index (κ1) is 16.8. The van der Waals surface area contributed by atoms with Gasteiger partial charge in [-0.1, -0.05) is 44.1 Å². The van der Waals surface area contributed by atoms with Gasteiger partial charge in [0.15, 0.2) is 0 Å². The molecule has 0 radical (unpaired) electrons. The van der Waals surface area contributed by atoms with Crippen LogP contribution in [0.5, 0.6) is 0 Å². The van der Waals surface area contributed by atoms with Crippen LogP contribution in [0.4, 0.5) is 0 Å². The first-order valence-corrected chi connectivity index (χ1v) is 8.81. The van der Waals surface area contributed by atoms with Crippen LogP contribution in [0.15, 0.2) is 23.3 Å². The number of allylic oxidation sites excluding steroid dienone is 4. The van der Waals surface area contributed by atoms with E-state index in [2.05, 4.69) is 46.8 Å². The standard InChI is InChI=1S/C20H34O/c1-15(2)20(21)14-13-19(5)12-11-17(4)8-6-7-16(3)9-10-18(19)20/h7,11,15,18,21H,6,8-10,12-14H2,1-5H3/b16-7?,17-11+/t18-,19+,20-/m1/s1. The fourth-order valence-corrected chi connectivity index (χ4v) is 4.50. The van der Waals surface area contributed by atoms with Crippen LogP contribution in [0.1, 0.15) is 79.6 Å². The zero-order valence-electron chi connectivity index (χ0n) is 14.7. The van der Waals surface area contributed by atoms with Gasteiger partial charge in [0.2, 0.25) is 0 Å². The van der Waals surface area contributed by atoms with Crippen molar-refractivity contribution in [2.75, 3.05) is 0 Å². The Hall–Kier alpha value is -0.560. The highest BCUT2D eigenvalue weighted by molar-refractivity contribution is 5.12. The summed E-state index contributed by atoms with van der Waals surface area (Å²) in [7, 11) is 0. The first-order valence-electron chi connectivity index (χ1n) is 8.81. The van der Waals surface area contributed by atoms with E-state index in [1.54, 1.807) is 0 Å². The Labute approximate surface area is 131 Å². The van der Waals surface area contributed by atoms with Gasteiger partial charge in [0.05, 0.1) is 5.60 Å². The molecule has 1 N–H and O–H groups in total. The molecule has 1 saturated carbocycles. The van der Waals surface area contributed by atoms with Gasteiger partial charge in [0, 0.05) is 0 Å². The third-order valence-electron chi connectivity index (χ3n) is 6.32. The molecule has 1 heteroatoms. The van der Waals surface area contributed by atoms with E-state index < -0.39 is 5.60 Å². The third-order valence-corrected chi connectivity index (χ3v) is 6.32. The largest absolute Gasteiger partial charge is 0.389 e. The van der Waals surface area contributed by atoms with Crippen molar-refractivity contribution in [3.63, 3.8) is 0 Å². The molecule has 0 bridgehead atoms. The Balaban J connectivity index is 2.32. The summed E-state index contributed by atoms with van der Waals surface area (Å²) < 4.78 is 0. The van der Waals surface area contributed by atoms with Crippen LogP contribution < -0.4 is 0 Å². The summed E-state index contributed by atoms with van der Waals surface area (Å²) in [5.74, 6) is 0.777. The second-order valence-electron chi connectivity index (χ2n) is 8.23. The van der Waals surface area contributed by atoms with Gasteiger partial charge >= 0.3 is 0 Å². The summed E-state index contributed by atoms with van der Waals surface area (Å²) in [6, 6.07) is 0. The summed E-state index contributed by atoms with van der Waals surface area (Å²) in [6.45, 7) is 11.3. The molecule has 0 aromatic rings. The number of rotatable bonds is 1. The Bertz CT molecular complexity index is 431. The van der Waals surface area contributed by atoms with Crippen LogP contribution in [0, 0.1) is 17.3 Å². The average Bonchev–Trinajstić information content (AvgIpc) is 2.67. The SMILES string of the molecule is CC1=CCC/C(C)=C/C[C@@]2(C)CC[C@@](O)(C(C)C)[C@@H]2CC1. The molecule has 2 aliphatic rings. The summed E-state index contributed by atoms with van der Waals surface area (Å²) in [5.41, 5.74) is 2.82. The van der Waals surface area contributed by atoms with Crippen molar-refractivity contribution in [3.8, 4) is 0 Å². The predicted molar refractivity (Wildman–Crippen MR) is 91.2 cm³/mol. The smallest absolute Gasteiger partial charge is 0.0704 e. The summed E-state index contributed by atoms with van der Waals surface area (Å²) in [4.78, 5) is 0. The lowest BCUT2D eigenvalue weighted by atomic mass is 9.67. The fraction of sp³-hybridized carbons (Fsp3) is 0.800. The van der Waals surface area contributed by atoms with E-state index in [0.29, 0.717) is 11.8 Å². The van der Waals surface area contributed by atoms with Crippen molar-refractivity contribution in [1.82, 2.24) is 0 Å². The van der Waals surface area contributed by atoms with Crippen LogP contribution in [0.3, 0.4) is 0 Å². The fourth-order valence-electron chi connectivity index (χ4n) is 4.50. The molecule has 0 aliphatic heterocycles. The highest BCUT2D eigenvalue weighted by atomic mass is 16.3. The van der Waals surface area contributed by atoms with E-state index in [9.17, 15) is 5.11 Å². The van der Waals surface area contributed by atoms with Crippen LogP contribution in [0.2, 0.25) is 0 Å². The van der Waals surface area contributed by atoms with Gasteiger partial charge in [-0.15, -0.1) is 0 Å². The molecule has 1 nitrogen and oxygen atoms in total. The lowest BCUT2D eigenvalue weighted by Gasteiger charge is -2.41. The van der Waals surface area contributed by atoms with Gasteiger partial charge in [0.1, 0.15) is 0 Å². The first-order chi connectivity index (χ1) is 9.78. The van der Waals surface area contributed by atoms with E-state index in [0.717, 1.165) is 25.7 Å². The molecule has 2 rings (SSSR count). The maximum absolute atomic E-state index is 11.3. The maximum Gasteiger partial charge on any atom is 0.0704 e. The van der Waals surface area contributed by atoms with Crippen molar-refractivity contribution in [2.45, 2.75) is 85.2 Å². The maximum atomic E-state index is 11.3. The van der Waals surface area contributed by atoms with Gasteiger partial charge in [0.25, 0.3) is 0 Å². The molecular formula is C20H34O. The monoisotopic (exact) mass is 290 g/mol. The molecule has 0 aromatic heterocycles. The number of aliphatic hydroxyl groups is 1. The summed E-state index contributed by atoms with van der Waals surface area (Å²) in [6.07, 6.45) is 12.8. The minimum Gasteiger partial charge on any atom is -0.389 e. The predicted octanol–water partition coefficient (Wildman–Crippen LogP) is 5.65. The second-order valence-corrected chi connectivity index (χ2v) is 8.23. The van der Waals surface area contributed by atoms with Gasteiger partial charge < -0.3 is 5.11 Å².